The summed E-state index contributed by atoms with van der Waals surface area (Å²) >= 11 is 0. The second-order valence-electron chi connectivity index (χ2n) is 5.99. The van der Waals surface area contributed by atoms with Gasteiger partial charge in [-0.3, -0.25) is 4.79 Å². The van der Waals surface area contributed by atoms with E-state index in [9.17, 15) is 9.59 Å². The monoisotopic (exact) mass is 276 g/mol. The first-order chi connectivity index (χ1) is 9.22. The number of para-hydroxylation sites is 2. The summed E-state index contributed by atoms with van der Waals surface area (Å²) in [6, 6.07) is 6.56. The van der Waals surface area contributed by atoms with Gasteiger partial charge in [0.15, 0.2) is 0 Å². The predicted octanol–water partition coefficient (Wildman–Crippen LogP) is 2.56. The van der Waals surface area contributed by atoms with Crippen LogP contribution in [0.5, 0.6) is 5.75 Å². The third-order valence-electron chi connectivity index (χ3n) is 4.25. The molecule has 0 radical (unpaired) electrons. The van der Waals surface area contributed by atoms with Crippen molar-refractivity contribution >= 4 is 17.6 Å². The molecule has 1 aliphatic rings. The molecule has 0 unspecified atom stereocenters. The van der Waals surface area contributed by atoms with Gasteiger partial charge < -0.3 is 10.1 Å². The Morgan fingerprint density at radius 1 is 1.10 bits per heavy atom. The van der Waals surface area contributed by atoms with E-state index in [1.165, 1.54) is 7.11 Å². The molecule has 108 valence electrons. The van der Waals surface area contributed by atoms with Crippen LogP contribution in [0.15, 0.2) is 24.3 Å². The summed E-state index contributed by atoms with van der Waals surface area (Å²) in [7, 11) is 1.51. The van der Waals surface area contributed by atoms with Gasteiger partial charge in [0.2, 0.25) is 5.91 Å². The molecule has 0 bridgehead atoms. The largest absolute Gasteiger partial charge is 0.495 e. The van der Waals surface area contributed by atoms with Crippen LogP contribution in [0.1, 0.15) is 27.7 Å². The highest BCUT2D eigenvalue weighted by molar-refractivity contribution is 6.19. The number of nitrogens with one attached hydrogen (secondary N) is 1. The van der Waals surface area contributed by atoms with Crippen molar-refractivity contribution in [2.45, 2.75) is 33.2 Å². The molecule has 20 heavy (non-hydrogen) atoms. The number of imide groups is 1. The number of carbonyl (C=O) groups excluding carboxylic acids is 2. The van der Waals surface area contributed by atoms with E-state index in [2.05, 4.69) is 5.32 Å². The molecule has 1 N–H and O–H groups in total. The Labute approximate surface area is 118 Å². The lowest BCUT2D eigenvalue weighted by Gasteiger charge is -2.48. The molecular weight excluding hydrogens is 256 g/mol. The van der Waals surface area contributed by atoms with Crippen LogP contribution < -0.4 is 15.0 Å². The fourth-order valence-electron chi connectivity index (χ4n) is 2.15. The first-order valence-electron chi connectivity index (χ1n) is 6.52. The van der Waals surface area contributed by atoms with Gasteiger partial charge in [-0.25, -0.2) is 9.69 Å². The molecule has 1 aromatic carbocycles. The van der Waals surface area contributed by atoms with Crippen LogP contribution in [-0.2, 0) is 4.79 Å². The van der Waals surface area contributed by atoms with Crippen molar-refractivity contribution in [3.63, 3.8) is 0 Å². The standard InChI is InChI=1S/C15H20N2O3/c1-14(2)12(18)17(13(19)16-15(14,3)4)10-8-6-7-9-11(10)20-5/h6-9H,1-5H3,(H,16,19). The Bertz CT molecular complexity index is 564. The normalized spacial score (nSPS) is 20.6. The molecule has 1 saturated heterocycles. The molecule has 0 atom stereocenters. The first kappa shape index (κ1) is 14.4. The maximum absolute atomic E-state index is 12.8. The zero-order valence-electron chi connectivity index (χ0n) is 12.5. The SMILES string of the molecule is COc1ccccc1N1C(=O)NC(C)(C)C(C)(C)C1=O. The Morgan fingerprint density at radius 2 is 1.70 bits per heavy atom. The van der Waals surface area contributed by atoms with E-state index < -0.39 is 17.0 Å². The van der Waals surface area contributed by atoms with Crippen molar-refractivity contribution in [3.8, 4) is 5.75 Å². The average molecular weight is 276 g/mol. The number of carbonyl (C=O) groups is 2. The van der Waals surface area contributed by atoms with Crippen molar-refractivity contribution < 1.29 is 14.3 Å². The van der Waals surface area contributed by atoms with Gasteiger partial charge in [0.25, 0.3) is 0 Å². The number of nitrogens with zero attached hydrogens (tertiary/aromatic N) is 1. The highest BCUT2D eigenvalue weighted by Crippen LogP contribution is 2.40. The number of hydrogen-bond donors (Lipinski definition) is 1. The smallest absolute Gasteiger partial charge is 0.329 e. The fourth-order valence-corrected chi connectivity index (χ4v) is 2.15. The molecule has 2 rings (SSSR count). The van der Waals surface area contributed by atoms with Crippen LogP contribution in [0.4, 0.5) is 10.5 Å². The molecule has 5 heteroatoms. The zero-order chi connectivity index (χ0) is 15.1. The van der Waals surface area contributed by atoms with Crippen molar-refractivity contribution in [2.24, 2.45) is 5.41 Å². The Morgan fingerprint density at radius 3 is 2.30 bits per heavy atom. The van der Waals surface area contributed by atoms with Crippen molar-refractivity contribution in [3.05, 3.63) is 24.3 Å². The number of hydrogen-bond acceptors (Lipinski definition) is 3. The molecule has 0 aliphatic carbocycles. The van der Waals surface area contributed by atoms with E-state index in [-0.39, 0.29) is 5.91 Å². The Hall–Kier alpha value is -2.04. The lowest BCUT2D eigenvalue weighted by atomic mass is 9.72. The van der Waals surface area contributed by atoms with Crippen molar-refractivity contribution in [2.75, 3.05) is 12.0 Å². The van der Waals surface area contributed by atoms with Crippen LogP contribution >= 0.6 is 0 Å². The van der Waals surface area contributed by atoms with Crippen LogP contribution in [-0.4, -0.2) is 24.6 Å². The molecule has 1 aromatic rings. The third kappa shape index (κ3) is 1.94. The lowest BCUT2D eigenvalue weighted by Crippen LogP contribution is -2.69. The van der Waals surface area contributed by atoms with Gasteiger partial charge in [-0.15, -0.1) is 0 Å². The maximum atomic E-state index is 12.8. The number of amides is 3. The highest BCUT2D eigenvalue weighted by atomic mass is 16.5. The molecule has 3 amide bonds. The van der Waals surface area contributed by atoms with Crippen molar-refractivity contribution in [1.82, 2.24) is 5.32 Å². The molecule has 5 nitrogen and oxygen atoms in total. The minimum Gasteiger partial charge on any atom is -0.495 e. The number of methoxy groups -OCH3 is 1. The molecule has 0 aromatic heterocycles. The third-order valence-corrected chi connectivity index (χ3v) is 4.25. The zero-order valence-corrected chi connectivity index (χ0v) is 12.5. The summed E-state index contributed by atoms with van der Waals surface area (Å²) < 4.78 is 5.24. The fraction of sp³-hybridized carbons (Fsp3) is 0.467. The summed E-state index contributed by atoms with van der Waals surface area (Å²) in [5.41, 5.74) is -0.873. The van der Waals surface area contributed by atoms with Gasteiger partial charge in [-0.05, 0) is 39.8 Å². The number of anilines is 1. The molecule has 1 fully saturated rings. The number of urea groups is 1. The summed E-state index contributed by atoms with van der Waals surface area (Å²) in [5.74, 6) is 0.252. The lowest BCUT2D eigenvalue weighted by molar-refractivity contribution is -0.130. The molecular formula is C15H20N2O3. The van der Waals surface area contributed by atoms with Crippen LogP contribution in [0.3, 0.4) is 0 Å². The van der Waals surface area contributed by atoms with Crippen LogP contribution in [0.2, 0.25) is 0 Å². The van der Waals surface area contributed by atoms with Crippen LogP contribution in [0.25, 0.3) is 0 Å². The highest BCUT2D eigenvalue weighted by Gasteiger charge is 2.53. The number of rotatable bonds is 2. The van der Waals surface area contributed by atoms with E-state index in [1.54, 1.807) is 24.3 Å². The molecule has 0 saturated carbocycles. The average Bonchev–Trinajstić information content (AvgIpc) is 2.37. The second kappa shape index (κ2) is 4.51. The summed E-state index contributed by atoms with van der Waals surface area (Å²) in [4.78, 5) is 26.2. The minimum atomic E-state index is -0.720. The number of ether oxygens (including phenoxy) is 1. The van der Waals surface area contributed by atoms with E-state index >= 15 is 0 Å². The molecule has 0 spiro atoms. The van der Waals surface area contributed by atoms with Gasteiger partial charge in [-0.2, -0.15) is 0 Å². The summed E-state index contributed by atoms with van der Waals surface area (Å²) in [6.45, 7) is 7.36. The van der Waals surface area contributed by atoms with Gasteiger partial charge in [0.1, 0.15) is 5.75 Å². The van der Waals surface area contributed by atoms with Gasteiger partial charge in [0.05, 0.1) is 23.8 Å². The van der Waals surface area contributed by atoms with Gasteiger partial charge in [0, 0.05) is 0 Å². The Kier molecular flexibility index (Phi) is 3.24. The van der Waals surface area contributed by atoms with E-state index in [0.29, 0.717) is 11.4 Å². The van der Waals surface area contributed by atoms with Gasteiger partial charge >= 0.3 is 6.03 Å². The minimum absolute atomic E-state index is 0.240. The molecule has 1 heterocycles. The topological polar surface area (TPSA) is 58.6 Å². The quantitative estimate of drug-likeness (QED) is 0.903. The van der Waals surface area contributed by atoms with E-state index in [0.717, 1.165) is 4.90 Å². The van der Waals surface area contributed by atoms with E-state index in [4.69, 9.17) is 4.74 Å². The maximum Gasteiger partial charge on any atom is 0.329 e. The van der Waals surface area contributed by atoms with Gasteiger partial charge in [-0.1, -0.05) is 12.1 Å². The van der Waals surface area contributed by atoms with E-state index in [1.807, 2.05) is 27.7 Å². The Balaban J connectivity index is 2.53. The van der Waals surface area contributed by atoms with Crippen LogP contribution in [0, 0.1) is 5.41 Å². The first-order valence-corrected chi connectivity index (χ1v) is 6.52. The van der Waals surface area contributed by atoms with Crippen molar-refractivity contribution in [1.29, 1.82) is 0 Å². The second-order valence-corrected chi connectivity index (χ2v) is 5.99. The number of benzene rings is 1. The predicted molar refractivity (Wildman–Crippen MR) is 76.9 cm³/mol. The molecule has 1 aliphatic heterocycles. The summed E-state index contributed by atoms with van der Waals surface area (Å²) in [5, 5.41) is 2.89. The summed E-state index contributed by atoms with van der Waals surface area (Å²) in [6.07, 6.45) is 0.